The molecule has 1 aromatic carbocycles. The van der Waals surface area contributed by atoms with Gasteiger partial charge < -0.3 is 14.0 Å². The van der Waals surface area contributed by atoms with E-state index in [-0.39, 0.29) is 6.04 Å². The van der Waals surface area contributed by atoms with Crippen LogP contribution in [0.4, 0.5) is 0 Å². The van der Waals surface area contributed by atoms with E-state index in [2.05, 4.69) is 20.7 Å². The third-order valence-electron chi connectivity index (χ3n) is 3.98. The van der Waals surface area contributed by atoms with Crippen molar-refractivity contribution in [3.8, 4) is 11.5 Å². The van der Waals surface area contributed by atoms with Gasteiger partial charge >= 0.3 is 0 Å². The summed E-state index contributed by atoms with van der Waals surface area (Å²) in [5.74, 6) is 2.42. The van der Waals surface area contributed by atoms with Crippen LogP contribution in [0.3, 0.4) is 0 Å². The molecule has 0 aliphatic heterocycles. The van der Waals surface area contributed by atoms with E-state index in [4.69, 9.17) is 9.47 Å². The number of aryl methyl sites for hydroxylation is 2. The van der Waals surface area contributed by atoms with Crippen molar-refractivity contribution in [1.82, 2.24) is 19.9 Å². The molecule has 0 radical (unpaired) electrons. The van der Waals surface area contributed by atoms with Crippen LogP contribution in [-0.2, 0) is 13.6 Å². The lowest BCUT2D eigenvalue weighted by Crippen LogP contribution is -2.25. The standard InChI is InChI=1S/C18H22N4O2S/c1-12-21-14(11-25-12)10-20-17(18-19-5-6-22(18)2)13-7-15(23-3)9-16(8-13)24-4/h5-9,11,17,20H,10H2,1-4H3. The van der Waals surface area contributed by atoms with E-state index in [9.17, 15) is 0 Å². The van der Waals surface area contributed by atoms with Crippen molar-refractivity contribution in [3.05, 3.63) is 58.1 Å². The average Bonchev–Trinajstić information content (AvgIpc) is 3.23. The number of aromatic nitrogens is 3. The zero-order valence-electron chi connectivity index (χ0n) is 14.8. The van der Waals surface area contributed by atoms with Crippen LogP contribution in [-0.4, -0.2) is 28.8 Å². The van der Waals surface area contributed by atoms with Gasteiger partial charge in [0.1, 0.15) is 17.3 Å². The fourth-order valence-corrected chi connectivity index (χ4v) is 3.32. The van der Waals surface area contributed by atoms with E-state index in [1.165, 1.54) is 0 Å². The largest absolute Gasteiger partial charge is 0.497 e. The van der Waals surface area contributed by atoms with Crippen molar-refractivity contribution >= 4 is 11.3 Å². The Kier molecular flexibility index (Phi) is 5.35. The molecule has 0 aliphatic carbocycles. The lowest BCUT2D eigenvalue weighted by atomic mass is 10.0. The lowest BCUT2D eigenvalue weighted by molar-refractivity contribution is 0.392. The first-order valence-electron chi connectivity index (χ1n) is 7.95. The van der Waals surface area contributed by atoms with E-state index in [0.717, 1.165) is 33.6 Å². The maximum absolute atomic E-state index is 5.42. The number of hydrogen-bond acceptors (Lipinski definition) is 6. The molecule has 0 amide bonds. The van der Waals surface area contributed by atoms with Gasteiger partial charge in [-0.15, -0.1) is 11.3 Å². The highest BCUT2D eigenvalue weighted by atomic mass is 32.1. The van der Waals surface area contributed by atoms with Crippen molar-refractivity contribution in [1.29, 1.82) is 0 Å². The highest BCUT2D eigenvalue weighted by Gasteiger charge is 2.20. The van der Waals surface area contributed by atoms with Crippen LogP contribution in [0.1, 0.15) is 28.1 Å². The molecule has 1 N–H and O–H groups in total. The summed E-state index contributed by atoms with van der Waals surface area (Å²) in [6, 6.07) is 5.76. The first-order chi connectivity index (χ1) is 12.1. The summed E-state index contributed by atoms with van der Waals surface area (Å²) in [7, 11) is 5.29. The quantitative estimate of drug-likeness (QED) is 0.703. The molecule has 1 atom stereocenters. The van der Waals surface area contributed by atoms with Gasteiger partial charge in [-0.2, -0.15) is 0 Å². The normalized spacial score (nSPS) is 12.2. The summed E-state index contributed by atoms with van der Waals surface area (Å²) >= 11 is 1.65. The smallest absolute Gasteiger partial charge is 0.130 e. The van der Waals surface area contributed by atoms with Crippen molar-refractivity contribution in [2.24, 2.45) is 7.05 Å². The molecule has 1 unspecified atom stereocenters. The molecular weight excluding hydrogens is 336 g/mol. The average molecular weight is 358 g/mol. The number of nitrogens with zero attached hydrogens (tertiary/aromatic N) is 3. The van der Waals surface area contributed by atoms with Gasteiger partial charge in [0, 0.05) is 37.4 Å². The van der Waals surface area contributed by atoms with Crippen LogP contribution < -0.4 is 14.8 Å². The Hall–Kier alpha value is -2.38. The Labute approximate surface area is 151 Å². The first-order valence-corrected chi connectivity index (χ1v) is 8.83. The number of thiazole rings is 1. The van der Waals surface area contributed by atoms with Crippen molar-refractivity contribution in [2.75, 3.05) is 14.2 Å². The molecule has 25 heavy (non-hydrogen) atoms. The molecule has 2 aromatic heterocycles. The van der Waals surface area contributed by atoms with Crippen molar-refractivity contribution in [3.63, 3.8) is 0 Å². The summed E-state index contributed by atoms with van der Waals surface area (Å²) < 4.78 is 12.8. The van der Waals surface area contributed by atoms with Gasteiger partial charge in [0.25, 0.3) is 0 Å². The van der Waals surface area contributed by atoms with Gasteiger partial charge in [-0.3, -0.25) is 5.32 Å². The topological polar surface area (TPSA) is 61.2 Å². The summed E-state index contributed by atoms with van der Waals surface area (Å²) in [5, 5.41) is 6.70. The summed E-state index contributed by atoms with van der Waals surface area (Å²) in [5.41, 5.74) is 2.05. The van der Waals surface area contributed by atoms with Crippen LogP contribution in [0.15, 0.2) is 36.0 Å². The first kappa shape index (κ1) is 17.4. The fourth-order valence-electron chi connectivity index (χ4n) is 2.71. The minimum atomic E-state index is -0.106. The molecule has 0 fully saturated rings. The molecule has 132 valence electrons. The second kappa shape index (κ2) is 7.67. The molecule has 6 nitrogen and oxygen atoms in total. The van der Waals surface area contributed by atoms with Gasteiger partial charge in [0.05, 0.1) is 31.0 Å². The molecule has 0 bridgehead atoms. The van der Waals surface area contributed by atoms with E-state index in [1.54, 1.807) is 31.8 Å². The van der Waals surface area contributed by atoms with Crippen LogP contribution >= 0.6 is 11.3 Å². The highest BCUT2D eigenvalue weighted by Crippen LogP contribution is 2.29. The lowest BCUT2D eigenvalue weighted by Gasteiger charge is -2.20. The second-order valence-electron chi connectivity index (χ2n) is 5.71. The third-order valence-corrected chi connectivity index (χ3v) is 4.80. The van der Waals surface area contributed by atoms with Crippen molar-refractivity contribution < 1.29 is 9.47 Å². The monoisotopic (exact) mass is 358 g/mol. The molecule has 0 spiro atoms. The van der Waals surface area contributed by atoms with E-state index in [0.29, 0.717) is 6.54 Å². The predicted molar refractivity (Wildman–Crippen MR) is 98.3 cm³/mol. The van der Waals surface area contributed by atoms with Crippen LogP contribution in [0.25, 0.3) is 0 Å². The maximum atomic E-state index is 5.42. The Morgan fingerprint density at radius 2 is 1.92 bits per heavy atom. The van der Waals surface area contributed by atoms with Gasteiger partial charge in [-0.25, -0.2) is 9.97 Å². The minimum Gasteiger partial charge on any atom is -0.497 e. The minimum absolute atomic E-state index is 0.106. The molecular formula is C18H22N4O2S. The third kappa shape index (κ3) is 4.00. The van der Waals surface area contributed by atoms with Crippen molar-refractivity contribution in [2.45, 2.75) is 19.5 Å². The van der Waals surface area contributed by atoms with Gasteiger partial charge in [-0.05, 0) is 24.6 Å². The fraction of sp³-hybridized carbons (Fsp3) is 0.333. The number of nitrogens with one attached hydrogen (secondary N) is 1. The maximum Gasteiger partial charge on any atom is 0.130 e. The number of rotatable bonds is 7. The van der Waals surface area contributed by atoms with E-state index < -0.39 is 0 Å². The number of hydrogen-bond donors (Lipinski definition) is 1. The molecule has 2 heterocycles. The molecule has 3 rings (SSSR count). The summed E-state index contributed by atoms with van der Waals surface area (Å²) in [6.07, 6.45) is 3.74. The second-order valence-corrected chi connectivity index (χ2v) is 6.78. The van der Waals surface area contributed by atoms with Crippen LogP contribution in [0.2, 0.25) is 0 Å². The summed E-state index contributed by atoms with van der Waals surface area (Å²) in [4.78, 5) is 9.05. The van der Waals surface area contributed by atoms with Gasteiger partial charge in [0.2, 0.25) is 0 Å². The van der Waals surface area contributed by atoms with E-state index in [1.807, 2.05) is 42.9 Å². The zero-order chi connectivity index (χ0) is 17.8. The summed E-state index contributed by atoms with van der Waals surface area (Å²) in [6.45, 7) is 2.67. The molecule has 3 aromatic rings. The Morgan fingerprint density at radius 1 is 1.20 bits per heavy atom. The number of ether oxygens (including phenoxy) is 2. The molecule has 0 saturated heterocycles. The van der Waals surface area contributed by atoms with E-state index >= 15 is 0 Å². The predicted octanol–water partition coefficient (Wildman–Crippen LogP) is 3.08. The molecule has 0 aliphatic rings. The Bertz CT molecular complexity index is 821. The van der Waals surface area contributed by atoms with Crippen LogP contribution in [0.5, 0.6) is 11.5 Å². The zero-order valence-corrected chi connectivity index (χ0v) is 15.6. The number of benzene rings is 1. The number of imidazole rings is 1. The van der Waals surface area contributed by atoms with Gasteiger partial charge in [0.15, 0.2) is 0 Å². The Morgan fingerprint density at radius 3 is 2.44 bits per heavy atom. The molecule has 0 saturated carbocycles. The number of methoxy groups -OCH3 is 2. The highest BCUT2D eigenvalue weighted by molar-refractivity contribution is 7.09. The SMILES string of the molecule is COc1cc(OC)cc(C(NCc2csc(C)n2)c2nccn2C)c1. The Balaban J connectivity index is 1.95. The molecule has 7 heteroatoms. The van der Waals surface area contributed by atoms with Gasteiger partial charge in [-0.1, -0.05) is 0 Å². The van der Waals surface area contributed by atoms with Crippen LogP contribution in [0, 0.1) is 6.92 Å².